The fourth-order valence-electron chi connectivity index (χ4n) is 2.65. The molecule has 0 aromatic heterocycles. The van der Waals surface area contributed by atoms with Gasteiger partial charge in [0.2, 0.25) is 5.91 Å². The van der Waals surface area contributed by atoms with Crippen molar-refractivity contribution in [2.24, 2.45) is 0 Å². The number of carbonyl (C=O) groups is 1. The number of carbonyl (C=O) groups excluding carboxylic acids is 1. The lowest BCUT2D eigenvalue weighted by molar-refractivity contribution is -0.118. The molecule has 0 spiro atoms. The number of anilines is 1. The Balaban J connectivity index is 2.18. The molecule has 0 aliphatic heterocycles. The molecule has 0 saturated heterocycles. The molecule has 0 radical (unpaired) electrons. The number of benzene rings is 2. The van der Waals surface area contributed by atoms with Gasteiger partial charge in [0.25, 0.3) is 10.1 Å². The van der Waals surface area contributed by atoms with E-state index in [1.807, 2.05) is 0 Å². The highest BCUT2D eigenvalue weighted by Gasteiger charge is 2.21. The van der Waals surface area contributed by atoms with Crippen LogP contribution in [-0.2, 0) is 19.1 Å². The van der Waals surface area contributed by atoms with Crippen LogP contribution >= 0.6 is 34.8 Å². The minimum atomic E-state index is -3.56. The van der Waals surface area contributed by atoms with Crippen LogP contribution < -0.4 is 4.90 Å². The Kier molecular flexibility index (Phi) is 8.16. The zero-order chi connectivity index (χ0) is 20.9. The topological polar surface area (TPSA) is 63.7 Å². The minimum Gasteiger partial charge on any atom is -0.315 e. The van der Waals surface area contributed by atoms with Crippen LogP contribution in [0.1, 0.15) is 24.3 Å². The van der Waals surface area contributed by atoms with Crippen LogP contribution in [-0.4, -0.2) is 34.2 Å². The van der Waals surface area contributed by atoms with Crippen LogP contribution in [0.15, 0.2) is 42.5 Å². The summed E-state index contributed by atoms with van der Waals surface area (Å²) in [5, 5.41) is 1.35. The van der Waals surface area contributed by atoms with E-state index in [4.69, 9.17) is 39.0 Å². The Morgan fingerprint density at radius 2 is 1.71 bits per heavy atom. The molecule has 0 N–H and O–H groups in total. The molecule has 0 saturated carbocycles. The van der Waals surface area contributed by atoms with Gasteiger partial charge >= 0.3 is 0 Å². The molecule has 0 aliphatic rings. The quantitative estimate of drug-likeness (QED) is 0.507. The van der Waals surface area contributed by atoms with E-state index in [1.165, 1.54) is 4.90 Å². The molecule has 0 bridgehead atoms. The average molecular weight is 465 g/mol. The first-order valence-electron chi connectivity index (χ1n) is 8.38. The van der Waals surface area contributed by atoms with E-state index in [0.717, 1.165) is 11.8 Å². The molecule has 0 aliphatic carbocycles. The zero-order valence-electron chi connectivity index (χ0n) is 15.4. The highest BCUT2D eigenvalue weighted by molar-refractivity contribution is 7.85. The van der Waals surface area contributed by atoms with Crippen molar-refractivity contribution < 1.29 is 17.4 Å². The van der Waals surface area contributed by atoms with Crippen molar-refractivity contribution in [2.75, 3.05) is 24.8 Å². The summed E-state index contributed by atoms with van der Waals surface area (Å²) in [7, 11) is -1.89. The summed E-state index contributed by atoms with van der Waals surface area (Å²) in [5.41, 5.74) is 1.49. The van der Waals surface area contributed by atoms with E-state index in [0.29, 0.717) is 27.2 Å². The van der Waals surface area contributed by atoms with E-state index in [1.54, 1.807) is 49.5 Å². The van der Waals surface area contributed by atoms with Gasteiger partial charge < -0.3 is 4.90 Å². The van der Waals surface area contributed by atoms with Gasteiger partial charge in [0.05, 0.1) is 22.9 Å². The van der Waals surface area contributed by atoms with Crippen molar-refractivity contribution in [2.45, 2.75) is 18.8 Å². The smallest absolute Gasteiger partial charge is 0.264 e. The van der Waals surface area contributed by atoms with Crippen molar-refractivity contribution in [3.8, 4) is 0 Å². The van der Waals surface area contributed by atoms with Crippen LogP contribution in [0.5, 0.6) is 0 Å². The minimum absolute atomic E-state index is 0.0400. The molecule has 28 heavy (non-hydrogen) atoms. The number of hydrogen-bond acceptors (Lipinski definition) is 4. The first-order valence-corrected chi connectivity index (χ1v) is 11.3. The molecule has 1 atom stereocenters. The maximum Gasteiger partial charge on any atom is 0.264 e. The maximum atomic E-state index is 12.8. The molecular formula is C19H20Cl3NO4S. The Hall–Kier alpha value is -1.31. The molecule has 5 nitrogen and oxygen atoms in total. The average Bonchev–Trinajstić information content (AvgIpc) is 2.62. The third kappa shape index (κ3) is 6.94. The lowest BCUT2D eigenvalue weighted by atomic mass is 9.92. The van der Waals surface area contributed by atoms with E-state index in [-0.39, 0.29) is 24.9 Å². The Morgan fingerprint density at radius 3 is 2.29 bits per heavy atom. The van der Waals surface area contributed by atoms with Gasteiger partial charge in [-0.2, -0.15) is 8.42 Å². The summed E-state index contributed by atoms with van der Waals surface area (Å²) in [4.78, 5) is 14.3. The summed E-state index contributed by atoms with van der Waals surface area (Å²) >= 11 is 18.0. The first kappa shape index (κ1) is 23.0. The fourth-order valence-corrected chi connectivity index (χ4v) is 3.48. The molecule has 9 heteroatoms. The third-order valence-electron chi connectivity index (χ3n) is 4.19. The normalized spacial score (nSPS) is 12.6. The van der Waals surface area contributed by atoms with Gasteiger partial charge in [-0.15, -0.1) is 0 Å². The molecule has 2 aromatic rings. The molecule has 0 heterocycles. The number of rotatable bonds is 8. The number of nitrogens with zero attached hydrogens (tertiary/aromatic N) is 1. The second-order valence-corrected chi connectivity index (χ2v) is 9.21. The SMILES string of the molecule is CN(C(=O)CC(CCOS(C)(=O)=O)c1ccc(Cl)c(Cl)c1)c1ccc(Cl)cc1. The van der Waals surface area contributed by atoms with Gasteiger partial charge in [-0.05, 0) is 54.3 Å². The van der Waals surface area contributed by atoms with Crippen molar-refractivity contribution >= 4 is 56.5 Å². The van der Waals surface area contributed by atoms with Crippen molar-refractivity contribution in [3.05, 3.63) is 63.1 Å². The van der Waals surface area contributed by atoms with Crippen LogP contribution in [0.25, 0.3) is 0 Å². The largest absolute Gasteiger partial charge is 0.315 e. The van der Waals surface area contributed by atoms with Crippen molar-refractivity contribution in [1.82, 2.24) is 0 Å². The summed E-state index contributed by atoms with van der Waals surface area (Å²) < 4.78 is 27.3. The van der Waals surface area contributed by atoms with E-state index in [9.17, 15) is 13.2 Å². The number of halogens is 3. The standard InChI is InChI=1S/C19H20Cl3NO4S/c1-23(16-6-4-15(20)5-7-16)19(24)12-14(9-10-27-28(2,25)26)13-3-8-17(21)18(22)11-13/h3-8,11,14H,9-10,12H2,1-2H3. The number of hydrogen-bond donors (Lipinski definition) is 0. The molecule has 0 fully saturated rings. The van der Waals surface area contributed by atoms with Crippen LogP contribution in [0.3, 0.4) is 0 Å². The molecule has 1 amide bonds. The van der Waals surface area contributed by atoms with E-state index < -0.39 is 10.1 Å². The lowest BCUT2D eigenvalue weighted by Gasteiger charge is -2.22. The Bertz CT molecular complexity index is 933. The van der Waals surface area contributed by atoms with Crippen LogP contribution in [0.2, 0.25) is 15.1 Å². The van der Waals surface area contributed by atoms with Gasteiger partial charge in [-0.1, -0.05) is 40.9 Å². The summed E-state index contributed by atoms with van der Waals surface area (Å²) in [6, 6.07) is 12.0. The highest BCUT2D eigenvalue weighted by Crippen LogP contribution is 2.31. The Morgan fingerprint density at radius 1 is 1.07 bits per heavy atom. The molecular weight excluding hydrogens is 445 g/mol. The second kappa shape index (κ2) is 9.94. The number of amides is 1. The first-order chi connectivity index (χ1) is 13.1. The maximum absolute atomic E-state index is 12.8. The lowest BCUT2D eigenvalue weighted by Crippen LogP contribution is -2.28. The molecule has 152 valence electrons. The van der Waals surface area contributed by atoms with Gasteiger partial charge in [0, 0.05) is 24.2 Å². The zero-order valence-corrected chi connectivity index (χ0v) is 18.4. The molecule has 2 rings (SSSR count). The van der Waals surface area contributed by atoms with E-state index in [2.05, 4.69) is 0 Å². The van der Waals surface area contributed by atoms with Gasteiger partial charge in [-0.3, -0.25) is 8.98 Å². The van der Waals surface area contributed by atoms with Crippen molar-refractivity contribution in [3.63, 3.8) is 0 Å². The van der Waals surface area contributed by atoms with Gasteiger partial charge in [0.1, 0.15) is 0 Å². The summed E-state index contributed by atoms with van der Waals surface area (Å²) in [6.07, 6.45) is 1.45. The van der Waals surface area contributed by atoms with Crippen molar-refractivity contribution in [1.29, 1.82) is 0 Å². The monoisotopic (exact) mass is 463 g/mol. The predicted octanol–water partition coefficient (Wildman–Crippen LogP) is 5.15. The summed E-state index contributed by atoms with van der Waals surface area (Å²) in [6.45, 7) is -0.0400. The molecule has 1 unspecified atom stereocenters. The second-order valence-electron chi connectivity index (χ2n) is 6.32. The molecule has 2 aromatic carbocycles. The van der Waals surface area contributed by atoms with Gasteiger partial charge in [-0.25, -0.2) is 0 Å². The summed E-state index contributed by atoms with van der Waals surface area (Å²) in [5.74, 6) is -0.434. The van der Waals surface area contributed by atoms with Crippen LogP contribution in [0.4, 0.5) is 5.69 Å². The fraction of sp³-hybridized carbons (Fsp3) is 0.316. The van der Waals surface area contributed by atoms with Crippen LogP contribution in [0, 0.1) is 0 Å². The predicted molar refractivity (Wildman–Crippen MR) is 114 cm³/mol. The third-order valence-corrected chi connectivity index (χ3v) is 5.77. The highest BCUT2D eigenvalue weighted by atomic mass is 35.5. The van der Waals surface area contributed by atoms with Gasteiger partial charge in [0.15, 0.2) is 0 Å². The van der Waals surface area contributed by atoms with E-state index >= 15 is 0 Å². The Labute approximate surface area is 180 Å².